The molecule has 0 heterocycles. The smallest absolute Gasteiger partial charge is 0.306 e. The standard InChI is InChI=1S/C14H18O2S/c1-2-16-14(15)8-9-17-13-7-6-11-4-3-5-12(11)10-13/h6-7,10H,2-5,8-9H2,1H3. The van der Waals surface area contributed by atoms with Crippen LogP contribution < -0.4 is 0 Å². The molecule has 1 aliphatic rings. The van der Waals surface area contributed by atoms with Crippen LogP contribution in [0.3, 0.4) is 0 Å². The van der Waals surface area contributed by atoms with E-state index in [-0.39, 0.29) is 5.97 Å². The Hall–Kier alpha value is -0.960. The largest absolute Gasteiger partial charge is 0.466 e. The number of ether oxygens (including phenoxy) is 1. The molecular weight excluding hydrogens is 232 g/mol. The molecule has 0 saturated heterocycles. The summed E-state index contributed by atoms with van der Waals surface area (Å²) >= 11 is 1.74. The lowest BCUT2D eigenvalue weighted by Gasteiger charge is -2.05. The van der Waals surface area contributed by atoms with Crippen LogP contribution in [0.5, 0.6) is 0 Å². The fourth-order valence-electron chi connectivity index (χ4n) is 2.12. The maximum absolute atomic E-state index is 11.2. The number of carbonyl (C=O) groups excluding carboxylic acids is 1. The average molecular weight is 250 g/mol. The second-order valence-corrected chi connectivity index (χ2v) is 5.36. The van der Waals surface area contributed by atoms with Crippen molar-refractivity contribution in [2.45, 2.75) is 37.5 Å². The molecule has 0 radical (unpaired) electrons. The number of thioether (sulfide) groups is 1. The second-order valence-electron chi connectivity index (χ2n) is 4.19. The molecule has 0 amide bonds. The summed E-state index contributed by atoms with van der Waals surface area (Å²) in [4.78, 5) is 12.5. The Morgan fingerprint density at radius 3 is 3.00 bits per heavy atom. The first-order valence-electron chi connectivity index (χ1n) is 6.20. The monoisotopic (exact) mass is 250 g/mol. The molecule has 0 unspecified atom stereocenters. The minimum atomic E-state index is -0.0961. The lowest BCUT2D eigenvalue weighted by molar-refractivity contribution is -0.142. The molecule has 17 heavy (non-hydrogen) atoms. The Labute approximate surface area is 107 Å². The summed E-state index contributed by atoms with van der Waals surface area (Å²) < 4.78 is 4.90. The molecule has 0 fully saturated rings. The Morgan fingerprint density at radius 1 is 1.35 bits per heavy atom. The molecule has 0 bridgehead atoms. The van der Waals surface area contributed by atoms with E-state index in [9.17, 15) is 4.79 Å². The highest BCUT2D eigenvalue weighted by molar-refractivity contribution is 7.99. The summed E-state index contributed by atoms with van der Waals surface area (Å²) in [6.45, 7) is 2.31. The Morgan fingerprint density at radius 2 is 2.18 bits per heavy atom. The quantitative estimate of drug-likeness (QED) is 0.593. The Bertz CT molecular complexity index is 401. The molecule has 3 heteroatoms. The van der Waals surface area contributed by atoms with Gasteiger partial charge in [0.1, 0.15) is 0 Å². The average Bonchev–Trinajstić information content (AvgIpc) is 2.76. The van der Waals surface area contributed by atoms with Gasteiger partial charge >= 0.3 is 5.97 Å². The van der Waals surface area contributed by atoms with E-state index in [0.717, 1.165) is 5.75 Å². The van der Waals surface area contributed by atoms with E-state index in [1.807, 2.05) is 6.92 Å². The Kier molecular flexibility index (Phi) is 4.49. The van der Waals surface area contributed by atoms with Crippen LogP contribution in [-0.2, 0) is 22.4 Å². The van der Waals surface area contributed by atoms with Gasteiger partial charge in [0, 0.05) is 10.6 Å². The van der Waals surface area contributed by atoms with E-state index in [4.69, 9.17) is 4.74 Å². The van der Waals surface area contributed by atoms with Crippen LogP contribution >= 0.6 is 11.8 Å². The highest BCUT2D eigenvalue weighted by Crippen LogP contribution is 2.27. The molecule has 2 nitrogen and oxygen atoms in total. The Balaban J connectivity index is 1.81. The van der Waals surface area contributed by atoms with Crippen molar-refractivity contribution in [3.8, 4) is 0 Å². The van der Waals surface area contributed by atoms with Gasteiger partial charge in [0.2, 0.25) is 0 Å². The fraction of sp³-hybridized carbons (Fsp3) is 0.500. The molecule has 92 valence electrons. The zero-order chi connectivity index (χ0) is 12.1. The molecule has 0 N–H and O–H groups in total. The predicted molar refractivity (Wildman–Crippen MR) is 70.4 cm³/mol. The maximum Gasteiger partial charge on any atom is 0.306 e. The minimum absolute atomic E-state index is 0.0961. The van der Waals surface area contributed by atoms with E-state index in [1.165, 1.54) is 35.3 Å². The van der Waals surface area contributed by atoms with Crippen molar-refractivity contribution in [3.63, 3.8) is 0 Å². The van der Waals surface area contributed by atoms with Gasteiger partial charge in [-0.3, -0.25) is 4.79 Å². The third-order valence-corrected chi connectivity index (χ3v) is 3.95. The normalized spacial score (nSPS) is 13.5. The summed E-state index contributed by atoms with van der Waals surface area (Å²) in [5.74, 6) is 0.707. The van der Waals surface area contributed by atoms with Gasteiger partial charge in [0.05, 0.1) is 13.0 Å². The van der Waals surface area contributed by atoms with Crippen LogP contribution in [0.1, 0.15) is 30.9 Å². The van der Waals surface area contributed by atoms with Crippen molar-refractivity contribution < 1.29 is 9.53 Å². The number of rotatable bonds is 5. The summed E-state index contributed by atoms with van der Waals surface area (Å²) in [5.41, 5.74) is 2.99. The second kappa shape index (κ2) is 6.10. The van der Waals surface area contributed by atoms with E-state index in [2.05, 4.69) is 18.2 Å². The zero-order valence-electron chi connectivity index (χ0n) is 10.2. The van der Waals surface area contributed by atoms with Gasteiger partial charge < -0.3 is 4.74 Å². The molecule has 0 saturated carbocycles. The number of esters is 1. The molecular formula is C14H18O2S. The molecule has 2 rings (SSSR count). The van der Waals surface area contributed by atoms with Crippen LogP contribution in [0.2, 0.25) is 0 Å². The van der Waals surface area contributed by atoms with Crippen molar-refractivity contribution in [2.24, 2.45) is 0 Å². The number of fused-ring (bicyclic) bond motifs is 1. The van der Waals surface area contributed by atoms with Gasteiger partial charge in [-0.1, -0.05) is 6.07 Å². The minimum Gasteiger partial charge on any atom is -0.466 e. The molecule has 1 aromatic rings. The molecule has 0 atom stereocenters. The third-order valence-electron chi connectivity index (χ3n) is 2.95. The number of benzene rings is 1. The zero-order valence-corrected chi connectivity index (χ0v) is 11.0. The highest BCUT2D eigenvalue weighted by atomic mass is 32.2. The van der Waals surface area contributed by atoms with Gasteiger partial charge in [-0.25, -0.2) is 0 Å². The van der Waals surface area contributed by atoms with Gasteiger partial charge in [-0.2, -0.15) is 0 Å². The van der Waals surface area contributed by atoms with Gasteiger partial charge in [0.25, 0.3) is 0 Å². The van der Waals surface area contributed by atoms with Gasteiger partial charge in [-0.15, -0.1) is 11.8 Å². The van der Waals surface area contributed by atoms with Crippen molar-refractivity contribution in [3.05, 3.63) is 29.3 Å². The summed E-state index contributed by atoms with van der Waals surface area (Å²) in [6, 6.07) is 6.67. The highest BCUT2D eigenvalue weighted by Gasteiger charge is 2.11. The molecule has 0 spiro atoms. The van der Waals surface area contributed by atoms with Crippen molar-refractivity contribution in [2.75, 3.05) is 12.4 Å². The summed E-state index contributed by atoms with van der Waals surface area (Å²) in [6.07, 6.45) is 4.21. The number of hydrogen-bond donors (Lipinski definition) is 0. The molecule has 0 aromatic heterocycles. The van der Waals surface area contributed by atoms with Crippen LogP contribution in [-0.4, -0.2) is 18.3 Å². The maximum atomic E-state index is 11.2. The van der Waals surface area contributed by atoms with Crippen molar-refractivity contribution >= 4 is 17.7 Å². The summed E-state index contributed by atoms with van der Waals surface area (Å²) in [7, 11) is 0. The number of hydrogen-bond acceptors (Lipinski definition) is 3. The molecule has 1 aliphatic carbocycles. The van der Waals surface area contributed by atoms with E-state index in [0.29, 0.717) is 13.0 Å². The van der Waals surface area contributed by atoms with Gasteiger partial charge in [0.15, 0.2) is 0 Å². The van der Waals surface area contributed by atoms with Gasteiger partial charge in [-0.05, 0) is 49.4 Å². The molecule has 0 aliphatic heterocycles. The van der Waals surface area contributed by atoms with Crippen molar-refractivity contribution in [1.82, 2.24) is 0 Å². The summed E-state index contributed by atoms with van der Waals surface area (Å²) in [5, 5.41) is 0. The van der Waals surface area contributed by atoms with Crippen LogP contribution in [0.4, 0.5) is 0 Å². The molecule has 1 aromatic carbocycles. The predicted octanol–water partition coefficient (Wildman–Crippen LogP) is 3.22. The van der Waals surface area contributed by atoms with Crippen LogP contribution in [0.15, 0.2) is 23.1 Å². The SMILES string of the molecule is CCOC(=O)CCSc1ccc2c(c1)CCC2. The van der Waals surface area contributed by atoms with Crippen LogP contribution in [0.25, 0.3) is 0 Å². The van der Waals surface area contributed by atoms with E-state index >= 15 is 0 Å². The first-order chi connectivity index (χ1) is 8.29. The first-order valence-corrected chi connectivity index (χ1v) is 7.18. The number of carbonyl (C=O) groups is 1. The van der Waals surface area contributed by atoms with E-state index in [1.54, 1.807) is 11.8 Å². The van der Waals surface area contributed by atoms with E-state index < -0.39 is 0 Å². The third kappa shape index (κ3) is 3.50. The fourth-order valence-corrected chi connectivity index (χ4v) is 3.02. The first kappa shape index (κ1) is 12.5. The van der Waals surface area contributed by atoms with Crippen LogP contribution in [0, 0.1) is 0 Å². The van der Waals surface area contributed by atoms with Crippen molar-refractivity contribution in [1.29, 1.82) is 0 Å². The topological polar surface area (TPSA) is 26.3 Å². The lowest BCUT2D eigenvalue weighted by atomic mass is 10.1. The lowest BCUT2D eigenvalue weighted by Crippen LogP contribution is -2.04. The number of aryl methyl sites for hydroxylation is 2.